The van der Waals surface area contributed by atoms with Crippen molar-refractivity contribution in [3.05, 3.63) is 29.2 Å². The molecule has 0 aliphatic carbocycles. The number of piperazine rings is 1. The lowest BCUT2D eigenvalue weighted by atomic mass is 10.1. The summed E-state index contributed by atoms with van der Waals surface area (Å²) in [7, 11) is 1.59. The van der Waals surface area contributed by atoms with Crippen LogP contribution in [0.5, 0.6) is 0 Å². The molecule has 174 valence electrons. The smallest absolute Gasteiger partial charge is 0.305 e. The summed E-state index contributed by atoms with van der Waals surface area (Å²) in [6.45, 7) is 8.20. The number of nitrogens with zero attached hydrogens (tertiary/aromatic N) is 7. The third-order valence-electron chi connectivity index (χ3n) is 5.12. The minimum absolute atomic E-state index is 0.112. The highest BCUT2D eigenvalue weighted by Crippen LogP contribution is 2.25. The minimum atomic E-state index is -0.186. The SMILES string of the molecule is CCCC(=O)OCCc1nccc(N2CC(C)N(c3nc(Cl)nc(COC)n3)[C@H](C)C2)n1. The summed E-state index contributed by atoms with van der Waals surface area (Å²) >= 11 is 6.12. The van der Waals surface area contributed by atoms with Gasteiger partial charge in [0.25, 0.3) is 0 Å². The number of carbonyl (C=O) groups is 1. The number of halogens is 1. The normalized spacial score (nSPS) is 18.7. The molecular formula is C21H30ClN7O3. The maximum absolute atomic E-state index is 11.5. The summed E-state index contributed by atoms with van der Waals surface area (Å²) < 4.78 is 10.4. The van der Waals surface area contributed by atoms with Gasteiger partial charge in [-0.15, -0.1) is 0 Å². The number of carbonyl (C=O) groups excluding carboxylic acids is 1. The maximum Gasteiger partial charge on any atom is 0.305 e. The lowest BCUT2D eigenvalue weighted by Gasteiger charge is -2.44. The van der Waals surface area contributed by atoms with E-state index in [0.29, 0.717) is 30.4 Å². The van der Waals surface area contributed by atoms with Crippen LogP contribution in [0.2, 0.25) is 5.28 Å². The molecule has 3 heterocycles. The fourth-order valence-electron chi connectivity index (χ4n) is 3.81. The molecule has 1 saturated heterocycles. The van der Waals surface area contributed by atoms with Crippen LogP contribution in [-0.4, -0.2) is 69.8 Å². The molecule has 0 N–H and O–H groups in total. The van der Waals surface area contributed by atoms with Gasteiger partial charge in [-0.25, -0.2) is 15.0 Å². The fourth-order valence-corrected chi connectivity index (χ4v) is 3.98. The average Bonchev–Trinajstić information content (AvgIpc) is 2.73. The number of hydrogen-bond acceptors (Lipinski definition) is 10. The first-order valence-electron chi connectivity index (χ1n) is 10.8. The minimum Gasteiger partial charge on any atom is -0.465 e. The van der Waals surface area contributed by atoms with Crippen LogP contribution < -0.4 is 9.80 Å². The second-order valence-electron chi connectivity index (χ2n) is 7.82. The number of anilines is 2. The quantitative estimate of drug-likeness (QED) is 0.514. The van der Waals surface area contributed by atoms with Crippen LogP contribution >= 0.6 is 11.6 Å². The predicted octanol–water partition coefficient (Wildman–Crippen LogP) is 2.45. The number of aromatic nitrogens is 5. The Morgan fingerprint density at radius 2 is 1.91 bits per heavy atom. The van der Waals surface area contributed by atoms with E-state index >= 15 is 0 Å². The molecule has 0 spiro atoms. The van der Waals surface area contributed by atoms with Gasteiger partial charge in [-0.1, -0.05) is 6.92 Å². The summed E-state index contributed by atoms with van der Waals surface area (Å²) in [5.41, 5.74) is 0. The van der Waals surface area contributed by atoms with E-state index in [9.17, 15) is 4.79 Å². The third-order valence-corrected chi connectivity index (χ3v) is 5.29. The van der Waals surface area contributed by atoms with Gasteiger partial charge in [0.15, 0.2) is 5.82 Å². The molecule has 1 unspecified atom stereocenters. The van der Waals surface area contributed by atoms with Crippen molar-refractivity contribution in [3.63, 3.8) is 0 Å². The lowest BCUT2D eigenvalue weighted by Crippen LogP contribution is -2.58. The standard InChI is InChI=1S/C21H30ClN7O3/c1-5-6-19(30)32-10-8-16-23-9-7-18(24-16)28-11-14(2)29(15(3)12-28)21-26-17(13-31-4)25-20(22)27-21/h7,9,14-15H,5-6,8,10-13H2,1-4H3/t14-,15?/m1/s1. The Hall–Kier alpha value is -2.59. The van der Waals surface area contributed by atoms with Crippen LogP contribution in [0.3, 0.4) is 0 Å². The molecule has 0 bridgehead atoms. The molecule has 1 aliphatic rings. The van der Waals surface area contributed by atoms with Crippen molar-refractivity contribution in [2.45, 2.75) is 58.7 Å². The number of rotatable bonds is 9. The molecular weight excluding hydrogens is 434 g/mol. The van der Waals surface area contributed by atoms with E-state index in [4.69, 9.17) is 21.1 Å². The number of hydrogen-bond donors (Lipinski definition) is 0. The molecule has 0 radical (unpaired) electrons. The fraction of sp³-hybridized carbons (Fsp3) is 0.619. The highest BCUT2D eigenvalue weighted by atomic mass is 35.5. The van der Waals surface area contributed by atoms with Crippen LogP contribution in [0.15, 0.2) is 12.3 Å². The van der Waals surface area contributed by atoms with Crippen LogP contribution in [0.1, 0.15) is 45.3 Å². The van der Waals surface area contributed by atoms with Crippen molar-refractivity contribution in [2.24, 2.45) is 0 Å². The Labute approximate surface area is 193 Å². The van der Waals surface area contributed by atoms with Crippen molar-refractivity contribution in [1.82, 2.24) is 24.9 Å². The van der Waals surface area contributed by atoms with Gasteiger partial charge in [0.2, 0.25) is 11.2 Å². The van der Waals surface area contributed by atoms with Gasteiger partial charge < -0.3 is 19.3 Å². The van der Waals surface area contributed by atoms with E-state index in [1.54, 1.807) is 13.3 Å². The van der Waals surface area contributed by atoms with Crippen molar-refractivity contribution in [3.8, 4) is 0 Å². The topological polar surface area (TPSA) is 106 Å². The van der Waals surface area contributed by atoms with Gasteiger partial charge in [0.05, 0.1) is 6.61 Å². The molecule has 2 aromatic heterocycles. The first kappa shape index (κ1) is 24.1. The van der Waals surface area contributed by atoms with Crippen molar-refractivity contribution < 1.29 is 14.3 Å². The Bertz CT molecular complexity index is 905. The molecule has 2 aromatic rings. The molecule has 1 fully saturated rings. The molecule has 32 heavy (non-hydrogen) atoms. The zero-order valence-electron chi connectivity index (χ0n) is 19.0. The summed E-state index contributed by atoms with van der Waals surface area (Å²) in [5.74, 6) is 2.37. The Balaban J connectivity index is 1.67. The van der Waals surface area contributed by atoms with Crippen LogP contribution in [0, 0.1) is 0 Å². The van der Waals surface area contributed by atoms with Gasteiger partial charge in [-0.3, -0.25) is 4.79 Å². The van der Waals surface area contributed by atoms with Gasteiger partial charge in [0, 0.05) is 51.3 Å². The number of methoxy groups -OCH3 is 1. The van der Waals surface area contributed by atoms with Crippen molar-refractivity contribution in [2.75, 3.05) is 36.6 Å². The molecule has 11 heteroatoms. The zero-order valence-corrected chi connectivity index (χ0v) is 19.7. The predicted molar refractivity (Wildman–Crippen MR) is 121 cm³/mol. The molecule has 0 saturated carbocycles. The van der Waals surface area contributed by atoms with E-state index in [2.05, 4.69) is 48.6 Å². The Morgan fingerprint density at radius 1 is 1.16 bits per heavy atom. The summed E-state index contributed by atoms with van der Waals surface area (Å²) in [6, 6.07) is 2.13. The van der Waals surface area contributed by atoms with Crippen LogP contribution in [0.25, 0.3) is 0 Å². The van der Waals surface area contributed by atoms with Crippen LogP contribution in [0.4, 0.5) is 11.8 Å². The number of ether oxygens (including phenoxy) is 2. The largest absolute Gasteiger partial charge is 0.465 e. The van der Waals surface area contributed by atoms with Gasteiger partial charge >= 0.3 is 5.97 Å². The molecule has 2 atom stereocenters. The first-order chi connectivity index (χ1) is 15.4. The third kappa shape index (κ3) is 6.23. The van der Waals surface area contributed by atoms with Gasteiger partial charge in [0.1, 0.15) is 18.2 Å². The number of esters is 1. The van der Waals surface area contributed by atoms with E-state index in [-0.39, 0.29) is 36.6 Å². The monoisotopic (exact) mass is 463 g/mol. The van der Waals surface area contributed by atoms with Gasteiger partial charge in [-0.05, 0) is 37.9 Å². The Kier molecular flexibility index (Phi) is 8.52. The molecule has 1 aliphatic heterocycles. The Morgan fingerprint density at radius 3 is 2.59 bits per heavy atom. The average molecular weight is 464 g/mol. The lowest BCUT2D eigenvalue weighted by molar-refractivity contribution is -0.143. The molecule has 0 aromatic carbocycles. The summed E-state index contributed by atoms with van der Waals surface area (Å²) in [4.78, 5) is 37.9. The van der Waals surface area contributed by atoms with E-state index in [1.807, 2.05) is 13.0 Å². The summed E-state index contributed by atoms with van der Waals surface area (Å²) in [6.07, 6.45) is 3.44. The van der Waals surface area contributed by atoms with Gasteiger partial charge in [-0.2, -0.15) is 9.97 Å². The van der Waals surface area contributed by atoms with E-state index < -0.39 is 0 Å². The molecule has 0 amide bonds. The van der Waals surface area contributed by atoms with E-state index in [1.165, 1.54) is 0 Å². The van der Waals surface area contributed by atoms with E-state index in [0.717, 1.165) is 25.3 Å². The highest BCUT2D eigenvalue weighted by Gasteiger charge is 2.32. The molecule has 3 rings (SSSR count). The molecule has 10 nitrogen and oxygen atoms in total. The van der Waals surface area contributed by atoms with Crippen molar-refractivity contribution in [1.29, 1.82) is 0 Å². The second-order valence-corrected chi connectivity index (χ2v) is 8.15. The highest BCUT2D eigenvalue weighted by molar-refractivity contribution is 6.28. The van der Waals surface area contributed by atoms with Crippen LogP contribution in [-0.2, 0) is 27.3 Å². The summed E-state index contributed by atoms with van der Waals surface area (Å²) in [5, 5.41) is 0.156. The first-order valence-corrected chi connectivity index (χ1v) is 11.2. The second kappa shape index (κ2) is 11.3. The van der Waals surface area contributed by atoms with Crippen molar-refractivity contribution >= 4 is 29.3 Å². The maximum atomic E-state index is 11.5. The zero-order chi connectivity index (χ0) is 23.1.